The van der Waals surface area contributed by atoms with Gasteiger partial charge in [-0.1, -0.05) is 6.92 Å². The van der Waals surface area contributed by atoms with Gasteiger partial charge < -0.3 is 20.3 Å². The number of morpholine rings is 1. The maximum Gasteiger partial charge on any atom is 0.191 e. The quantitative estimate of drug-likeness (QED) is 0.530. The van der Waals surface area contributed by atoms with Crippen LogP contribution in [-0.2, 0) is 4.74 Å². The van der Waals surface area contributed by atoms with E-state index in [1.165, 1.54) is 25.9 Å². The fraction of sp³-hybridized carbons (Fsp3) is 0.941. The first kappa shape index (κ1) is 18.5. The summed E-state index contributed by atoms with van der Waals surface area (Å²) in [4.78, 5) is 9.68. The molecule has 0 aliphatic carbocycles. The lowest BCUT2D eigenvalue weighted by atomic mass is 9.99. The van der Waals surface area contributed by atoms with Gasteiger partial charge in [-0.2, -0.15) is 0 Å². The molecule has 6 nitrogen and oxygen atoms in total. The van der Waals surface area contributed by atoms with Gasteiger partial charge >= 0.3 is 0 Å². The number of piperidine rings is 1. The molecule has 23 heavy (non-hydrogen) atoms. The topological polar surface area (TPSA) is 52.1 Å². The van der Waals surface area contributed by atoms with Gasteiger partial charge in [0, 0.05) is 39.3 Å². The minimum Gasteiger partial charge on any atom is -0.379 e. The average molecular weight is 326 g/mol. The van der Waals surface area contributed by atoms with Crippen molar-refractivity contribution in [1.29, 1.82) is 0 Å². The van der Waals surface area contributed by atoms with Crippen LogP contribution in [0.3, 0.4) is 0 Å². The molecule has 0 aromatic carbocycles. The van der Waals surface area contributed by atoms with E-state index in [-0.39, 0.29) is 0 Å². The highest BCUT2D eigenvalue weighted by atomic mass is 16.5. The van der Waals surface area contributed by atoms with Gasteiger partial charge in [0.2, 0.25) is 0 Å². The Hall–Kier alpha value is -0.850. The summed E-state index contributed by atoms with van der Waals surface area (Å²) >= 11 is 0. The molecule has 0 spiro atoms. The molecule has 134 valence electrons. The number of aliphatic imine (C=N–C) groups is 1. The molecule has 2 fully saturated rings. The second-order valence-electron chi connectivity index (χ2n) is 6.67. The van der Waals surface area contributed by atoms with Crippen molar-refractivity contribution in [3.05, 3.63) is 0 Å². The smallest absolute Gasteiger partial charge is 0.191 e. The molecule has 2 aliphatic rings. The summed E-state index contributed by atoms with van der Waals surface area (Å²) in [5.41, 5.74) is 0. The van der Waals surface area contributed by atoms with E-state index in [0.717, 1.165) is 70.9 Å². The Morgan fingerprint density at radius 3 is 2.43 bits per heavy atom. The van der Waals surface area contributed by atoms with Crippen molar-refractivity contribution < 1.29 is 4.74 Å². The lowest BCUT2D eigenvalue weighted by molar-refractivity contribution is 0.0394. The lowest BCUT2D eigenvalue weighted by Gasteiger charge is -2.30. The van der Waals surface area contributed by atoms with Gasteiger partial charge in [-0.15, -0.1) is 0 Å². The van der Waals surface area contributed by atoms with Gasteiger partial charge in [0.15, 0.2) is 5.96 Å². The fourth-order valence-electron chi connectivity index (χ4n) is 3.09. The second kappa shape index (κ2) is 10.8. The molecule has 2 N–H and O–H groups in total. The Labute approximate surface area is 141 Å². The molecule has 0 amide bonds. The van der Waals surface area contributed by atoms with Crippen LogP contribution >= 0.6 is 0 Å². The Bertz CT molecular complexity index is 336. The summed E-state index contributed by atoms with van der Waals surface area (Å²) in [6.07, 6.45) is 2.68. The average Bonchev–Trinajstić information content (AvgIpc) is 2.58. The molecule has 2 aliphatic heterocycles. The van der Waals surface area contributed by atoms with Crippen LogP contribution in [0.5, 0.6) is 0 Å². The van der Waals surface area contributed by atoms with Gasteiger partial charge in [0.05, 0.1) is 19.8 Å². The predicted molar refractivity (Wildman–Crippen MR) is 96.1 cm³/mol. The van der Waals surface area contributed by atoms with Crippen LogP contribution in [0, 0.1) is 5.92 Å². The number of rotatable bonds is 7. The lowest BCUT2D eigenvalue weighted by Crippen LogP contribution is -2.44. The largest absolute Gasteiger partial charge is 0.379 e. The summed E-state index contributed by atoms with van der Waals surface area (Å²) in [7, 11) is 0. The van der Waals surface area contributed by atoms with Crippen molar-refractivity contribution in [2.24, 2.45) is 10.9 Å². The van der Waals surface area contributed by atoms with Crippen LogP contribution in [0.1, 0.15) is 26.7 Å². The Balaban J connectivity index is 1.62. The van der Waals surface area contributed by atoms with Crippen molar-refractivity contribution in [1.82, 2.24) is 20.4 Å². The number of hydrogen-bond donors (Lipinski definition) is 2. The van der Waals surface area contributed by atoms with E-state index in [1.807, 2.05) is 0 Å². The number of hydrogen-bond acceptors (Lipinski definition) is 4. The van der Waals surface area contributed by atoms with Crippen molar-refractivity contribution in [3.63, 3.8) is 0 Å². The van der Waals surface area contributed by atoms with E-state index < -0.39 is 0 Å². The number of ether oxygens (including phenoxy) is 1. The van der Waals surface area contributed by atoms with E-state index >= 15 is 0 Å². The molecule has 0 saturated carbocycles. The molecule has 2 saturated heterocycles. The van der Waals surface area contributed by atoms with E-state index in [9.17, 15) is 0 Å². The van der Waals surface area contributed by atoms with E-state index in [0.29, 0.717) is 0 Å². The highest BCUT2D eigenvalue weighted by Crippen LogP contribution is 2.14. The summed E-state index contributed by atoms with van der Waals surface area (Å²) in [6.45, 7) is 15.6. The highest BCUT2D eigenvalue weighted by molar-refractivity contribution is 5.79. The van der Waals surface area contributed by atoms with E-state index in [2.05, 4.69) is 34.3 Å². The van der Waals surface area contributed by atoms with Crippen LogP contribution in [0.2, 0.25) is 0 Å². The van der Waals surface area contributed by atoms with Crippen molar-refractivity contribution in [2.75, 3.05) is 72.1 Å². The Morgan fingerprint density at radius 1 is 1.04 bits per heavy atom. The Morgan fingerprint density at radius 2 is 1.74 bits per heavy atom. The summed E-state index contributed by atoms with van der Waals surface area (Å²) in [5, 5.41) is 6.81. The number of likely N-dealkylation sites (tertiary alicyclic amines) is 1. The molecule has 0 radical (unpaired) electrons. The first-order valence-corrected chi connectivity index (χ1v) is 9.32. The van der Waals surface area contributed by atoms with Crippen LogP contribution in [0.15, 0.2) is 4.99 Å². The summed E-state index contributed by atoms with van der Waals surface area (Å²) in [6, 6.07) is 0. The molecular weight excluding hydrogens is 290 g/mol. The zero-order chi connectivity index (χ0) is 16.3. The monoisotopic (exact) mass is 325 g/mol. The van der Waals surface area contributed by atoms with Crippen LogP contribution in [0.25, 0.3) is 0 Å². The third-order valence-electron chi connectivity index (χ3n) is 4.73. The van der Waals surface area contributed by atoms with Gasteiger partial charge in [0.1, 0.15) is 0 Å². The van der Waals surface area contributed by atoms with E-state index in [1.54, 1.807) is 0 Å². The number of nitrogens with one attached hydrogen (secondary N) is 2. The highest BCUT2D eigenvalue weighted by Gasteiger charge is 2.15. The van der Waals surface area contributed by atoms with Crippen LogP contribution < -0.4 is 10.6 Å². The first-order valence-electron chi connectivity index (χ1n) is 9.32. The minimum absolute atomic E-state index is 0.844. The molecule has 0 atom stereocenters. The van der Waals surface area contributed by atoms with Crippen molar-refractivity contribution in [3.8, 4) is 0 Å². The normalized spacial score (nSPS) is 22.3. The first-order chi connectivity index (χ1) is 11.3. The zero-order valence-electron chi connectivity index (χ0n) is 15.0. The third kappa shape index (κ3) is 7.50. The fourth-order valence-corrected chi connectivity index (χ4v) is 3.09. The molecule has 2 rings (SSSR count). The SMILES string of the molecule is CCNC(=NCCN1CCOCC1)NCCN1CCC(C)CC1. The Kier molecular flexibility index (Phi) is 8.71. The van der Waals surface area contributed by atoms with Gasteiger partial charge in [-0.05, 0) is 38.8 Å². The maximum atomic E-state index is 5.38. The number of nitrogens with zero attached hydrogens (tertiary/aromatic N) is 3. The zero-order valence-corrected chi connectivity index (χ0v) is 15.0. The van der Waals surface area contributed by atoms with Crippen LogP contribution in [-0.4, -0.2) is 87.9 Å². The molecular formula is C17H35N5O. The number of guanidine groups is 1. The van der Waals surface area contributed by atoms with Crippen LogP contribution in [0.4, 0.5) is 0 Å². The maximum absolute atomic E-state index is 5.38. The van der Waals surface area contributed by atoms with Gasteiger partial charge in [0.25, 0.3) is 0 Å². The third-order valence-corrected chi connectivity index (χ3v) is 4.73. The van der Waals surface area contributed by atoms with Gasteiger partial charge in [-0.25, -0.2) is 0 Å². The molecule has 6 heteroatoms. The molecule has 0 aromatic rings. The molecule has 2 heterocycles. The second-order valence-corrected chi connectivity index (χ2v) is 6.67. The van der Waals surface area contributed by atoms with Gasteiger partial charge in [-0.3, -0.25) is 9.89 Å². The minimum atomic E-state index is 0.844. The predicted octanol–water partition coefficient (Wildman–Crippen LogP) is 0.606. The van der Waals surface area contributed by atoms with E-state index in [4.69, 9.17) is 9.73 Å². The summed E-state index contributed by atoms with van der Waals surface area (Å²) in [5.74, 6) is 1.85. The summed E-state index contributed by atoms with van der Waals surface area (Å²) < 4.78 is 5.38. The van der Waals surface area contributed by atoms with Crippen molar-refractivity contribution in [2.45, 2.75) is 26.7 Å². The standard InChI is InChI=1S/C17H35N5O/c1-3-18-17(20-7-11-22-12-14-23-15-13-22)19-6-10-21-8-4-16(2)5-9-21/h16H,3-15H2,1-2H3,(H2,18,19,20). The molecule has 0 aromatic heterocycles. The molecule has 0 bridgehead atoms. The molecule has 0 unspecified atom stereocenters. The van der Waals surface area contributed by atoms with Crippen molar-refractivity contribution >= 4 is 5.96 Å².